The summed E-state index contributed by atoms with van der Waals surface area (Å²) in [5.41, 5.74) is 0.493. The van der Waals surface area contributed by atoms with Crippen molar-refractivity contribution in [3.8, 4) is 5.75 Å². The number of carbonyl (C=O) groups is 1. The first kappa shape index (κ1) is 21.9. The molecule has 0 atom stereocenters. The third-order valence-electron chi connectivity index (χ3n) is 4.99. The quantitative estimate of drug-likeness (QED) is 0.417. The molecule has 0 radical (unpaired) electrons. The topological polar surface area (TPSA) is 75.7 Å². The second kappa shape index (κ2) is 9.42. The Bertz CT molecular complexity index is 1320. The Morgan fingerprint density at radius 3 is 2.44 bits per heavy atom. The summed E-state index contributed by atoms with van der Waals surface area (Å²) < 4.78 is 32.9. The van der Waals surface area contributed by atoms with Crippen molar-refractivity contribution in [3.63, 3.8) is 0 Å². The first-order chi connectivity index (χ1) is 15.4. The van der Waals surface area contributed by atoms with Crippen LogP contribution in [-0.2, 0) is 21.4 Å². The molecule has 0 saturated heterocycles. The highest BCUT2D eigenvalue weighted by molar-refractivity contribution is 7.92. The number of sulfonamides is 1. The molecule has 0 unspecified atom stereocenters. The fourth-order valence-electron chi connectivity index (χ4n) is 3.18. The molecular formula is C24H22N2O4S2. The molecule has 1 amide bonds. The molecule has 1 heterocycles. The zero-order valence-corrected chi connectivity index (χ0v) is 19.0. The fourth-order valence-corrected chi connectivity index (χ4v) is 5.05. The lowest BCUT2D eigenvalue weighted by Crippen LogP contribution is -2.28. The number of carbonyl (C=O) groups excluding carboxylic acids is 1. The van der Waals surface area contributed by atoms with Gasteiger partial charge >= 0.3 is 0 Å². The largest absolute Gasteiger partial charge is 0.484 e. The van der Waals surface area contributed by atoms with Crippen LogP contribution >= 0.6 is 11.3 Å². The molecule has 0 saturated carbocycles. The molecule has 0 aliphatic heterocycles. The fraction of sp³-hybridized carbons (Fsp3) is 0.125. The highest BCUT2D eigenvalue weighted by atomic mass is 32.2. The molecule has 164 valence electrons. The average Bonchev–Trinajstić information content (AvgIpc) is 3.34. The van der Waals surface area contributed by atoms with E-state index in [-0.39, 0.29) is 17.4 Å². The van der Waals surface area contributed by atoms with E-state index in [9.17, 15) is 13.2 Å². The predicted molar refractivity (Wildman–Crippen MR) is 128 cm³/mol. The summed E-state index contributed by atoms with van der Waals surface area (Å²) in [5, 5.41) is 6.60. The van der Waals surface area contributed by atoms with Crippen LogP contribution in [0.15, 0.2) is 89.1 Å². The van der Waals surface area contributed by atoms with E-state index in [4.69, 9.17) is 4.74 Å². The van der Waals surface area contributed by atoms with Crippen molar-refractivity contribution in [2.45, 2.75) is 11.4 Å². The minimum atomic E-state index is -3.72. The van der Waals surface area contributed by atoms with Gasteiger partial charge in [0.1, 0.15) is 5.75 Å². The second-order valence-electron chi connectivity index (χ2n) is 7.12. The van der Waals surface area contributed by atoms with Gasteiger partial charge in [-0.25, -0.2) is 8.42 Å². The van der Waals surface area contributed by atoms with E-state index in [2.05, 4.69) is 5.32 Å². The summed E-state index contributed by atoms with van der Waals surface area (Å²) in [6.45, 7) is 0.353. The summed E-state index contributed by atoms with van der Waals surface area (Å²) >= 11 is 1.58. The maximum atomic E-state index is 13.1. The number of hydrogen-bond donors (Lipinski definition) is 1. The molecule has 32 heavy (non-hydrogen) atoms. The Balaban J connectivity index is 1.39. The molecule has 0 aliphatic rings. The van der Waals surface area contributed by atoms with Crippen molar-refractivity contribution >= 4 is 43.7 Å². The molecule has 0 fully saturated rings. The summed E-state index contributed by atoms with van der Waals surface area (Å²) in [6, 6.07) is 23.2. The maximum absolute atomic E-state index is 13.1. The van der Waals surface area contributed by atoms with Crippen LogP contribution in [0.25, 0.3) is 10.8 Å². The van der Waals surface area contributed by atoms with E-state index in [1.807, 2.05) is 41.8 Å². The molecule has 1 aromatic heterocycles. The lowest BCUT2D eigenvalue weighted by Gasteiger charge is -2.20. The lowest BCUT2D eigenvalue weighted by atomic mass is 10.1. The number of rotatable bonds is 8. The summed E-state index contributed by atoms with van der Waals surface area (Å²) in [4.78, 5) is 13.2. The normalized spacial score (nSPS) is 11.3. The first-order valence-corrected chi connectivity index (χ1v) is 12.3. The van der Waals surface area contributed by atoms with Gasteiger partial charge in [0.25, 0.3) is 15.9 Å². The number of anilines is 1. The molecule has 0 bridgehead atoms. The number of fused-ring (bicyclic) bond motifs is 1. The minimum absolute atomic E-state index is 0.115. The molecule has 0 spiro atoms. The van der Waals surface area contributed by atoms with Gasteiger partial charge in [0.2, 0.25) is 0 Å². The van der Waals surface area contributed by atoms with Crippen LogP contribution < -0.4 is 14.4 Å². The van der Waals surface area contributed by atoms with E-state index in [1.54, 1.807) is 53.8 Å². The van der Waals surface area contributed by atoms with Gasteiger partial charge in [-0.2, -0.15) is 0 Å². The molecule has 3 aromatic carbocycles. The predicted octanol–water partition coefficient (Wildman–Crippen LogP) is 4.42. The van der Waals surface area contributed by atoms with Crippen molar-refractivity contribution in [2.24, 2.45) is 0 Å². The molecule has 0 aliphatic carbocycles. The number of amides is 1. The summed E-state index contributed by atoms with van der Waals surface area (Å²) in [7, 11) is -2.21. The van der Waals surface area contributed by atoms with Gasteiger partial charge in [-0.1, -0.05) is 36.4 Å². The van der Waals surface area contributed by atoms with Crippen LogP contribution in [0.4, 0.5) is 5.69 Å². The SMILES string of the molecule is CN(c1ccc(OCC(=O)NCc2cccs2)cc1)S(=O)(=O)c1ccc2ccccc2c1. The summed E-state index contributed by atoms with van der Waals surface area (Å²) in [6.07, 6.45) is 0. The molecule has 8 heteroatoms. The third-order valence-corrected chi connectivity index (χ3v) is 7.65. The van der Waals surface area contributed by atoms with Gasteiger partial charge in [-0.3, -0.25) is 9.10 Å². The van der Waals surface area contributed by atoms with Gasteiger partial charge in [-0.05, 0) is 58.6 Å². The molecular weight excluding hydrogens is 444 g/mol. The number of hydrogen-bond acceptors (Lipinski definition) is 5. The van der Waals surface area contributed by atoms with E-state index < -0.39 is 10.0 Å². The van der Waals surface area contributed by atoms with Crippen LogP contribution in [-0.4, -0.2) is 28.0 Å². The Morgan fingerprint density at radius 2 is 1.72 bits per heavy atom. The van der Waals surface area contributed by atoms with Gasteiger partial charge in [0, 0.05) is 11.9 Å². The van der Waals surface area contributed by atoms with Gasteiger partial charge in [-0.15, -0.1) is 11.3 Å². The second-order valence-corrected chi connectivity index (χ2v) is 10.1. The molecule has 4 rings (SSSR count). The van der Waals surface area contributed by atoms with Crippen LogP contribution in [0.1, 0.15) is 4.88 Å². The van der Waals surface area contributed by atoms with E-state index >= 15 is 0 Å². The molecule has 1 N–H and O–H groups in total. The van der Waals surface area contributed by atoms with E-state index in [1.165, 1.54) is 11.4 Å². The molecule has 4 aromatic rings. The van der Waals surface area contributed by atoms with Crippen LogP contribution in [0.2, 0.25) is 0 Å². The maximum Gasteiger partial charge on any atom is 0.264 e. The van der Waals surface area contributed by atoms with E-state index in [0.29, 0.717) is 18.0 Å². The van der Waals surface area contributed by atoms with Crippen molar-refractivity contribution in [1.82, 2.24) is 5.32 Å². The van der Waals surface area contributed by atoms with Gasteiger partial charge in [0.15, 0.2) is 6.61 Å². The number of benzene rings is 3. The van der Waals surface area contributed by atoms with Crippen LogP contribution in [0.3, 0.4) is 0 Å². The smallest absolute Gasteiger partial charge is 0.264 e. The monoisotopic (exact) mass is 466 g/mol. The van der Waals surface area contributed by atoms with Gasteiger partial charge in [0.05, 0.1) is 17.1 Å². The van der Waals surface area contributed by atoms with Crippen LogP contribution in [0.5, 0.6) is 5.75 Å². The van der Waals surface area contributed by atoms with Crippen molar-refractivity contribution in [3.05, 3.63) is 89.1 Å². The van der Waals surface area contributed by atoms with Crippen molar-refractivity contribution in [2.75, 3.05) is 18.0 Å². The standard InChI is InChI=1S/C24H22N2O4S2/c1-26(32(28,29)23-13-8-18-5-2-3-6-19(18)15-23)20-9-11-21(12-10-20)30-17-24(27)25-16-22-7-4-14-31-22/h2-15H,16-17H2,1H3,(H,25,27). The lowest BCUT2D eigenvalue weighted by molar-refractivity contribution is -0.123. The highest BCUT2D eigenvalue weighted by Gasteiger charge is 2.21. The zero-order chi connectivity index (χ0) is 22.6. The summed E-state index contributed by atoms with van der Waals surface area (Å²) in [5.74, 6) is 0.259. The van der Waals surface area contributed by atoms with E-state index in [0.717, 1.165) is 15.6 Å². The number of nitrogens with zero attached hydrogens (tertiary/aromatic N) is 1. The average molecular weight is 467 g/mol. The molecule has 6 nitrogen and oxygen atoms in total. The number of ether oxygens (including phenoxy) is 1. The van der Waals surface area contributed by atoms with Crippen LogP contribution in [0, 0.1) is 0 Å². The third kappa shape index (κ3) is 4.92. The number of nitrogens with one attached hydrogen (secondary N) is 1. The first-order valence-electron chi connectivity index (χ1n) is 9.93. The number of thiophene rings is 1. The Morgan fingerprint density at radius 1 is 0.969 bits per heavy atom. The zero-order valence-electron chi connectivity index (χ0n) is 17.4. The van der Waals surface area contributed by atoms with Crippen molar-refractivity contribution < 1.29 is 17.9 Å². The van der Waals surface area contributed by atoms with Crippen molar-refractivity contribution in [1.29, 1.82) is 0 Å². The Labute approximate surface area is 191 Å². The van der Waals surface area contributed by atoms with Gasteiger partial charge < -0.3 is 10.1 Å². The Kier molecular flexibility index (Phi) is 6.43. The minimum Gasteiger partial charge on any atom is -0.484 e. The Hall–Kier alpha value is -3.36. The highest BCUT2D eigenvalue weighted by Crippen LogP contribution is 2.26.